The maximum absolute atomic E-state index is 13.3. The van der Waals surface area contributed by atoms with Gasteiger partial charge in [0.1, 0.15) is 18.2 Å². The summed E-state index contributed by atoms with van der Waals surface area (Å²) in [5, 5.41) is 0.808. The normalized spacial score (nSPS) is 10.5. The first-order valence-corrected chi connectivity index (χ1v) is 7.81. The molecular weight excluding hydrogens is 398 g/mol. The van der Waals surface area contributed by atoms with Crippen LogP contribution in [0.2, 0.25) is 5.02 Å². The highest BCUT2D eigenvalue weighted by Gasteiger charge is 2.08. The summed E-state index contributed by atoms with van der Waals surface area (Å²) in [7, 11) is 0. The molecule has 0 unspecified atom stereocenters. The lowest BCUT2D eigenvalue weighted by molar-refractivity contribution is 0.301. The summed E-state index contributed by atoms with van der Waals surface area (Å²) in [6.07, 6.45) is 0. The van der Waals surface area contributed by atoms with Crippen LogP contribution in [0.15, 0.2) is 40.9 Å². The average molecular weight is 408 g/mol. The molecular formula is C14H10Br2ClFO. The molecule has 2 aromatic rings. The second-order valence-corrected chi connectivity index (χ2v) is 5.72. The van der Waals surface area contributed by atoms with Crippen LogP contribution >= 0.6 is 43.5 Å². The summed E-state index contributed by atoms with van der Waals surface area (Å²) in [5.41, 5.74) is 1.77. The summed E-state index contributed by atoms with van der Waals surface area (Å²) in [6, 6.07) is 10.5. The SMILES string of the molecule is Fc1cc(COc2c(Br)cccc2CBr)ccc1Cl. The van der Waals surface area contributed by atoms with E-state index < -0.39 is 5.82 Å². The van der Waals surface area contributed by atoms with Gasteiger partial charge in [0.05, 0.1) is 9.50 Å². The Balaban J connectivity index is 2.16. The molecule has 1 nitrogen and oxygen atoms in total. The Kier molecular flexibility index (Phi) is 5.25. The molecule has 0 aliphatic rings. The van der Waals surface area contributed by atoms with E-state index >= 15 is 0 Å². The van der Waals surface area contributed by atoms with Crippen molar-refractivity contribution in [2.45, 2.75) is 11.9 Å². The Morgan fingerprint density at radius 2 is 2.00 bits per heavy atom. The molecule has 0 fully saturated rings. The van der Waals surface area contributed by atoms with Crippen molar-refractivity contribution < 1.29 is 9.13 Å². The molecule has 0 saturated carbocycles. The monoisotopic (exact) mass is 406 g/mol. The second-order valence-electron chi connectivity index (χ2n) is 3.90. The van der Waals surface area contributed by atoms with E-state index in [1.54, 1.807) is 6.07 Å². The minimum atomic E-state index is -0.435. The minimum absolute atomic E-state index is 0.116. The smallest absolute Gasteiger partial charge is 0.142 e. The molecule has 5 heteroatoms. The van der Waals surface area contributed by atoms with E-state index in [1.807, 2.05) is 18.2 Å². The van der Waals surface area contributed by atoms with Gasteiger partial charge in [-0.1, -0.05) is 45.7 Å². The van der Waals surface area contributed by atoms with Crippen molar-refractivity contribution in [3.8, 4) is 5.75 Å². The van der Waals surface area contributed by atoms with Gasteiger partial charge in [0, 0.05) is 10.9 Å². The first-order chi connectivity index (χ1) is 9.11. The highest BCUT2D eigenvalue weighted by atomic mass is 79.9. The van der Waals surface area contributed by atoms with Crippen molar-refractivity contribution in [2.24, 2.45) is 0 Å². The van der Waals surface area contributed by atoms with Crippen molar-refractivity contribution in [3.63, 3.8) is 0 Å². The number of rotatable bonds is 4. The zero-order valence-corrected chi connectivity index (χ0v) is 13.7. The predicted octanol–water partition coefficient (Wildman–Crippen LogP) is 5.72. The third kappa shape index (κ3) is 3.71. The van der Waals surface area contributed by atoms with Crippen molar-refractivity contribution in [1.82, 2.24) is 0 Å². The molecule has 0 N–H and O–H groups in total. The molecule has 2 aromatic carbocycles. The van der Waals surface area contributed by atoms with Crippen LogP contribution in [-0.4, -0.2) is 0 Å². The van der Waals surface area contributed by atoms with Crippen LogP contribution in [-0.2, 0) is 11.9 Å². The first kappa shape index (κ1) is 14.8. The summed E-state index contributed by atoms with van der Waals surface area (Å²) < 4.78 is 20.0. The molecule has 0 atom stereocenters. The Bertz CT molecular complexity index is 590. The van der Waals surface area contributed by atoms with Crippen LogP contribution in [0.1, 0.15) is 11.1 Å². The van der Waals surface area contributed by atoms with Crippen LogP contribution in [0.3, 0.4) is 0 Å². The van der Waals surface area contributed by atoms with Gasteiger partial charge >= 0.3 is 0 Å². The van der Waals surface area contributed by atoms with E-state index in [2.05, 4.69) is 31.9 Å². The highest BCUT2D eigenvalue weighted by molar-refractivity contribution is 9.10. The zero-order chi connectivity index (χ0) is 13.8. The Hall–Kier alpha value is -0.580. The van der Waals surface area contributed by atoms with Gasteiger partial charge in [0.15, 0.2) is 0 Å². The first-order valence-electron chi connectivity index (χ1n) is 5.52. The topological polar surface area (TPSA) is 9.23 Å². The van der Waals surface area contributed by atoms with Crippen molar-refractivity contribution in [3.05, 3.63) is 62.8 Å². The maximum Gasteiger partial charge on any atom is 0.142 e. The number of alkyl halides is 1. The van der Waals surface area contributed by atoms with Crippen molar-refractivity contribution >= 4 is 43.5 Å². The molecule has 0 radical (unpaired) electrons. The van der Waals surface area contributed by atoms with Gasteiger partial charge < -0.3 is 4.74 Å². The quantitative estimate of drug-likeness (QED) is 0.589. The highest BCUT2D eigenvalue weighted by Crippen LogP contribution is 2.31. The molecule has 0 amide bonds. The molecule has 0 bridgehead atoms. The van der Waals surface area contributed by atoms with Crippen LogP contribution in [0.4, 0.5) is 4.39 Å². The fourth-order valence-corrected chi connectivity index (χ4v) is 2.69. The Labute approximate surface area is 133 Å². The molecule has 2 rings (SSSR count). The lowest BCUT2D eigenvalue weighted by Crippen LogP contribution is -1.99. The van der Waals surface area contributed by atoms with Crippen LogP contribution in [0, 0.1) is 5.82 Å². The lowest BCUT2D eigenvalue weighted by Gasteiger charge is -2.12. The molecule has 0 aliphatic heterocycles. The minimum Gasteiger partial charge on any atom is -0.487 e. The van der Waals surface area contributed by atoms with Gasteiger partial charge in [-0.3, -0.25) is 0 Å². The molecule has 0 heterocycles. The summed E-state index contributed by atoms with van der Waals surface area (Å²) in [5.74, 6) is 0.324. The standard InChI is InChI=1S/C14H10Br2ClFO/c15-7-10-2-1-3-11(16)14(10)19-8-9-4-5-12(17)13(18)6-9/h1-6H,7-8H2. The van der Waals surface area contributed by atoms with E-state index in [4.69, 9.17) is 16.3 Å². The number of ether oxygens (including phenoxy) is 1. The van der Waals surface area contributed by atoms with E-state index in [9.17, 15) is 4.39 Å². The van der Waals surface area contributed by atoms with Gasteiger partial charge in [-0.15, -0.1) is 0 Å². The maximum atomic E-state index is 13.3. The average Bonchev–Trinajstić information content (AvgIpc) is 2.41. The van der Waals surface area contributed by atoms with Crippen LogP contribution in [0.5, 0.6) is 5.75 Å². The van der Waals surface area contributed by atoms with Gasteiger partial charge in [0.2, 0.25) is 0 Å². The molecule has 100 valence electrons. The van der Waals surface area contributed by atoms with Gasteiger partial charge in [-0.2, -0.15) is 0 Å². The van der Waals surface area contributed by atoms with Gasteiger partial charge in [-0.05, 0) is 39.7 Å². The van der Waals surface area contributed by atoms with E-state index in [1.165, 1.54) is 12.1 Å². The lowest BCUT2D eigenvalue weighted by atomic mass is 10.2. The van der Waals surface area contributed by atoms with Crippen molar-refractivity contribution in [2.75, 3.05) is 0 Å². The number of halogens is 4. The summed E-state index contributed by atoms with van der Waals surface area (Å²) in [6.45, 7) is 0.288. The van der Waals surface area contributed by atoms with E-state index in [-0.39, 0.29) is 11.6 Å². The van der Waals surface area contributed by atoms with Crippen LogP contribution in [0.25, 0.3) is 0 Å². The predicted molar refractivity (Wildman–Crippen MR) is 82.5 cm³/mol. The molecule has 0 aliphatic carbocycles. The number of hydrogen-bond acceptors (Lipinski definition) is 1. The molecule has 19 heavy (non-hydrogen) atoms. The molecule has 0 aromatic heterocycles. The Morgan fingerprint density at radius 3 is 2.68 bits per heavy atom. The molecule has 0 saturated heterocycles. The summed E-state index contributed by atoms with van der Waals surface area (Å²) in [4.78, 5) is 0. The summed E-state index contributed by atoms with van der Waals surface area (Å²) >= 11 is 12.5. The third-order valence-corrected chi connectivity index (χ3v) is 4.09. The third-order valence-electron chi connectivity index (χ3n) is 2.56. The molecule has 0 spiro atoms. The Morgan fingerprint density at radius 1 is 1.21 bits per heavy atom. The number of hydrogen-bond donors (Lipinski definition) is 0. The van der Waals surface area contributed by atoms with E-state index in [0.717, 1.165) is 21.3 Å². The van der Waals surface area contributed by atoms with Crippen molar-refractivity contribution in [1.29, 1.82) is 0 Å². The van der Waals surface area contributed by atoms with Crippen LogP contribution < -0.4 is 4.74 Å². The van der Waals surface area contributed by atoms with E-state index in [0.29, 0.717) is 5.33 Å². The fraction of sp³-hybridized carbons (Fsp3) is 0.143. The van der Waals surface area contributed by atoms with Gasteiger partial charge in [-0.25, -0.2) is 4.39 Å². The fourth-order valence-electron chi connectivity index (χ4n) is 1.61. The number of para-hydroxylation sites is 1. The largest absolute Gasteiger partial charge is 0.487 e. The van der Waals surface area contributed by atoms with Gasteiger partial charge in [0.25, 0.3) is 0 Å². The second kappa shape index (κ2) is 6.73. The zero-order valence-electron chi connectivity index (χ0n) is 9.80. The number of benzene rings is 2.